The highest BCUT2D eigenvalue weighted by Crippen LogP contribution is 2.29. The average Bonchev–Trinajstić information content (AvgIpc) is 2.70. The van der Waals surface area contributed by atoms with E-state index in [0.29, 0.717) is 51.5 Å². The lowest BCUT2D eigenvalue weighted by Gasteiger charge is -2.31. The summed E-state index contributed by atoms with van der Waals surface area (Å²) < 4.78 is 32.3. The third-order valence-corrected chi connectivity index (χ3v) is 7.60. The van der Waals surface area contributed by atoms with Crippen LogP contribution < -0.4 is 10.1 Å². The van der Waals surface area contributed by atoms with Gasteiger partial charge in [0.15, 0.2) is 0 Å². The van der Waals surface area contributed by atoms with Crippen molar-refractivity contribution in [2.24, 2.45) is 5.92 Å². The quantitative estimate of drug-likeness (QED) is 0.627. The van der Waals surface area contributed by atoms with Crippen LogP contribution in [0.2, 0.25) is 15.1 Å². The molecule has 1 fully saturated rings. The van der Waals surface area contributed by atoms with Crippen LogP contribution >= 0.6 is 34.8 Å². The molecule has 0 saturated carbocycles. The zero-order valence-corrected chi connectivity index (χ0v) is 19.3. The van der Waals surface area contributed by atoms with Crippen LogP contribution in [-0.4, -0.2) is 38.8 Å². The topological polar surface area (TPSA) is 75.7 Å². The number of amides is 1. The molecule has 0 spiro atoms. The molecule has 2 aromatic rings. The van der Waals surface area contributed by atoms with E-state index in [2.05, 4.69) is 5.32 Å². The summed E-state index contributed by atoms with van der Waals surface area (Å²) in [4.78, 5) is 12.7. The van der Waals surface area contributed by atoms with Crippen molar-refractivity contribution in [1.82, 2.24) is 4.31 Å². The van der Waals surface area contributed by atoms with Crippen LogP contribution in [0.15, 0.2) is 36.4 Å². The number of methoxy groups -OCH3 is 1. The largest absolute Gasteiger partial charge is 0.495 e. The minimum atomic E-state index is -3.64. The highest BCUT2D eigenvalue weighted by Gasteiger charge is 2.32. The fourth-order valence-corrected chi connectivity index (χ4v) is 5.78. The number of nitrogens with one attached hydrogen (secondary N) is 1. The van der Waals surface area contributed by atoms with E-state index in [9.17, 15) is 13.2 Å². The zero-order chi connectivity index (χ0) is 21.9. The van der Waals surface area contributed by atoms with Gasteiger partial charge in [0.25, 0.3) is 0 Å². The molecule has 0 aliphatic carbocycles. The molecule has 3 rings (SSSR count). The van der Waals surface area contributed by atoms with E-state index < -0.39 is 15.9 Å². The van der Waals surface area contributed by atoms with Crippen molar-refractivity contribution in [3.05, 3.63) is 57.0 Å². The number of hydrogen-bond acceptors (Lipinski definition) is 4. The lowest BCUT2D eigenvalue weighted by Crippen LogP contribution is -2.44. The summed E-state index contributed by atoms with van der Waals surface area (Å²) in [5, 5.41) is 3.92. The van der Waals surface area contributed by atoms with Crippen LogP contribution in [0.3, 0.4) is 0 Å². The van der Waals surface area contributed by atoms with Crippen LogP contribution in [0.5, 0.6) is 5.75 Å². The van der Waals surface area contributed by atoms with Gasteiger partial charge in [0.05, 0.1) is 23.8 Å². The van der Waals surface area contributed by atoms with Gasteiger partial charge in [0, 0.05) is 28.8 Å². The molecular formula is C20H21Cl3N2O4S. The summed E-state index contributed by atoms with van der Waals surface area (Å²) in [6.07, 6.45) is 1.19. The van der Waals surface area contributed by atoms with Crippen LogP contribution in [-0.2, 0) is 20.6 Å². The molecule has 1 heterocycles. The number of hydrogen-bond donors (Lipinski definition) is 1. The number of halogens is 3. The molecule has 0 radical (unpaired) electrons. The summed E-state index contributed by atoms with van der Waals surface area (Å²) in [5.41, 5.74) is 0.999. The number of carbonyl (C=O) groups excluding carboxylic acids is 1. The Kier molecular flexibility index (Phi) is 7.52. The van der Waals surface area contributed by atoms with Gasteiger partial charge >= 0.3 is 0 Å². The molecule has 0 aromatic heterocycles. The molecule has 1 N–H and O–H groups in total. The number of anilines is 1. The Morgan fingerprint density at radius 3 is 2.60 bits per heavy atom. The van der Waals surface area contributed by atoms with E-state index in [1.54, 1.807) is 30.3 Å². The number of piperidine rings is 1. The molecule has 30 heavy (non-hydrogen) atoms. The van der Waals surface area contributed by atoms with Gasteiger partial charge in [0.1, 0.15) is 5.75 Å². The van der Waals surface area contributed by atoms with E-state index in [1.165, 1.54) is 17.5 Å². The maximum atomic E-state index is 12.9. The predicted molar refractivity (Wildman–Crippen MR) is 120 cm³/mol. The second-order valence-corrected chi connectivity index (χ2v) is 10.2. The first kappa shape index (κ1) is 23.2. The Bertz CT molecular complexity index is 1050. The molecule has 10 heteroatoms. The first-order chi connectivity index (χ1) is 14.2. The first-order valence-corrected chi connectivity index (χ1v) is 12.0. The summed E-state index contributed by atoms with van der Waals surface area (Å²) in [6, 6.07) is 9.65. The molecule has 1 saturated heterocycles. The molecule has 1 atom stereocenters. The van der Waals surface area contributed by atoms with Crippen molar-refractivity contribution in [3.63, 3.8) is 0 Å². The Labute approximate surface area is 191 Å². The lowest BCUT2D eigenvalue weighted by molar-refractivity contribution is -0.120. The molecular weight excluding hydrogens is 471 g/mol. The number of rotatable bonds is 6. The monoisotopic (exact) mass is 490 g/mol. The smallest absolute Gasteiger partial charge is 0.228 e. The Hall–Kier alpha value is -1.51. The molecule has 1 aliphatic heterocycles. The normalized spacial score (nSPS) is 17.5. The van der Waals surface area contributed by atoms with Crippen molar-refractivity contribution < 1.29 is 17.9 Å². The SMILES string of the molecule is COc1ccc(NC(=O)C2CCCN(S(=O)(=O)Cc3ccc(Cl)cc3Cl)C2)cc1Cl. The van der Waals surface area contributed by atoms with E-state index >= 15 is 0 Å². The number of nitrogens with zero attached hydrogens (tertiary/aromatic N) is 1. The van der Waals surface area contributed by atoms with Crippen molar-refractivity contribution in [2.45, 2.75) is 18.6 Å². The third-order valence-electron chi connectivity index (χ3n) is 4.92. The Morgan fingerprint density at radius 2 is 1.93 bits per heavy atom. The minimum Gasteiger partial charge on any atom is -0.495 e. The van der Waals surface area contributed by atoms with E-state index in [0.717, 1.165) is 0 Å². The first-order valence-electron chi connectivity index (χ1n) is 9.26. The van der Waals surface area contributed by atoms with E-state index in [-0.39, 0.29) is 18.2 Å². The predicted octanol–water partition coefficient (Wildman–Crippen LogP) is 4.84. The fraction of sp³-hybridized carbons (Fsp3) is 0.350. The number of ether oxygens (including phenoxy) is 1. The summed E-state index contributed by atoms with van der Waals surface area (Å²) in [7, 11) is -2.13. The second-order valence-electron chi connectivity index (χ2n) is 7.03. The summed E-state index contributed by atoms with van der Waals surface area (Å²) >= 11 is 18.1. The molecule has 162 valence electrons. The molecule has 2 aromatic carbocycles. The zero-order valence-electron chi connectivity index (χ0n) is 16.2. The van der Waals surface area contributed by atoms with Crippen LogP contribution in [0.4, 0.5) is 5.69 Å². The molecule has 6 nitrogen and oxygen atoms in total. The fourth-order valence-electron chi connectivity index (χ4n) is 3.32. The molecule has 1 unspecified atom stereocenters. The van der Waals surface area contributed by atoms with E-state index in [4.69, 9.17) is 39.5 Å². The number of carbonyl (C=O) groups is 1. The van der Waals surface area contributed by atoms with Crippen molar-refractivity contribution in [3.8, 4) is 5.75 Å². The Morgan fingerprint density at radius 1 is 1.17 bits per heavy atom. The highest BCUT2D eigenvalue weighted by molar-refractivity contribution is 7.88. The molecule has 0 bridgehead atoms. The van der Waals surface area contributed by atoms with Gasteiger partial charge in [-0.15, -0.1) is 0 Å². The van der Waals surface area contributed by atoms with Gasteiger partial charge in [-0.2, -0.15) is 0 Å². The maximum absolute atomic E-state index is 12.9. The summed E-state index contributed by atoms with van der Waals surface area (Å²) in [5.74, 6) is -0.452. The maximum Gasteiger partial charge on any atom is 0.228 e. The molecule has 1 amide bonds. The van der Waals surface area contributed by atoms with Gasteiger partial charge in [-0.05, 0) is 48.7 Å². The van der Waals surface area contributed by atoms with Crippen molar-refractivity contribution >= 4 is 56.4 Å². The molecule has 1 aliphatic rings. The lowest BCUT2D eigenvalue weighted by atomic mass is 9.98. The van der Waals surface area contributed by atoms with Gasteiger partial charge in [-0.1, -0.05) is 40.9 Å². The third kappa shape index (κ3) is 5.59. The highest BCUT2D eigenvalue weighted by atomic mass is 35.5. The number of benzene rings is 2. The standard InChI is InChI=1S/C20H21Cl3N2O4S/c1-29-19-7-6-16(10-18(19)23)24-20(26)13-3-2-8-25(11-13)30(27,28)12-14-4-5-15(21)9-17(14)22/h4-7,9-10,13H,2-3,8,11-12H2,1H3,(H,24,26). The number of sulfonamides is 1. The van der Waals surface area contributed by atoms with Crippen LogP contribution in [0.1, 0.15) is 18.4 Å². The van der Waals surface area contributed by atoms with Crippen molar-refractivity contribution in [2.75, 3.05) is 25.5 Å². The van der Waals surface area contributed by atoms with Crippen LogP contribution in [0, 0.1) is 5.92 Å². The minimum absolute atomic E-state index is 0.114. The Balaban J connectivity index is 1.67. The summed E-state index contributed by atoms with van der Waals surface area (Å²) in [6.45, 7) is 0.481. The van der Waals surface area contributed by atoms with Gasteiger partial charge in [-0.3, -0.25) is 4.79 Å². The van der Waals surface area contributed by atoms with Crippen LogP contribution in [0.25, 0.3) is 0 Å². The van der Waals surface area contributed by atoms with Gasteiger partial charge in [-0.25, -0.2) is 12.7 Å². The van der Waals surface area contributed by atoms with Gasteiger partial charge in [0.2, 0.25) is 15.9 Å². The second kappa shape index (κ2) is 9.75. The van der Waals surface area contributed by atoms with Crippen molar-refractivity contribution in [1.29, 1.82) is 0 Å². The van der Waals surface area contributed by atoms with Gasteiger partial charge < -0.3 is 10.1 Å². The van der Waals surface area contributed by atoms with E-state index in [1.807, 2.05) is 0 Å². The average molecular weight is 492 g/mol.